The third-order valence-electron chi connectivity index (χ3n) is 2.55. The number of pyridine rings is 1. The number of aromatic nitrogens is 1. The molecular formula is C14H11ClN2. The number of halogens is 1. The summed E-state index contributed by atoms with van der Waals surface area (Å²) in [6, 6.07) is 13.5. The summed E-state index contributed by atoms with van der Waals surface area (Å²) in [4.78, 5) is 4.04. The molecule has 0 radical (unpaired) electrons. The Morgan fingerprint density at radius 2 is 1.65 bits per heavy atom. The van der Waals surface area contributed by atoms with E-state index in [-0.39, 0.29) is 0 Å². The summed E-state index contributed by atoms with van der Waals surface area (Å²) in [6.45, 7) is 0. The van der Waals surface area contributed by atoms with Gasteiger partial charge in [-0.2, -0.15) is 5.26 Å². The van der Waals surface area contributed by atoms with Crippen LogP contribution in [0.4, 0.5) is 0 Å². The van der Waals surface area contributed by atoms with Gasteiger partial charge in [-0.25, -0.2) is 4.98 Å². The molecule has 2 nitrogen and oxygen atoms in total. The Bertz CT molecular complexity index is 524. The summed E-state index contributed by atoms with van der Waals surface area (Å²) in [5, 5.41) is 9.40. The van der Waals surface area contributed by atoms with Gasteiger partial charge in [-0.3, -0.25) is 0 Å². The van der Waals surface area contributed by atoms with Crippen molar-refractivity contribution in [2.24, 2.45) is 0 Å². The summed E-state index contributed by atoms with van der Waals surface area (Å²) < 4.78 is 0. The fourth-order valence-corrected chi connectivity index (χ4v) is 1.70. The van der Waals surface area contributed by atoms with E-state index >= 15 is 0 Å². The van der Waals surface area contributed by atoms with Crippen molar-refractivity contribution in [2.45, 2.75) is 12.8 Å². The normalized spacial score (nSPS) is 9.88. The molecule has 0 amide bonds. The number of hydrogen-bond acceptors (Lipinski definition) is 2. The van der Waals surface area contributed by atoms with E-state index in [4.69, 9.17) is 16.9 Å². The lowest BCUT2D eigenvalue weighted by Crippen LogP contribution is -1.93. The van der Waals surface area contributed by atoms with Gasteiger partial charge in [-0.05, 0) is 42.2 Å². The molecule has 2 rings (SSSR count). The molecule has 0 spiro atoms. The molecule has 0 saturated carbocycles. The largest absolute Gasteiger partial charge is 0.245 e. The Morgan fingerprint density at radius 1 is 1.00 bits per heavy atom. The quantitative estimate of drug-likeness (QED) is 0.827. The number of benzene rings is 1. The first kappa shape index (κ1) is 11.6. The second-order valence-corrected chi connectivity index (χ2v) is 4.23. The van der Waals surface area contributed by atoms with Crippen molar-refractivity contribution < 1.29 is 0 Å². The van der Waals surface area contributed by atoms with Crippen molar-refractivity contribution in [3.63, 3.8) is 0 Å². The van der Waals surface area contributed by atoms with Crippen molar-refractivity contribution in [1.82, 2.24) is 4.98 Å². The molecule has 0 aliphatic rings. The first-order chi connectivity index (χ1) is 8.28. The SMILES string of the molecule is N#Cc1ccc(CCc2ccc(Cl)cc2)cn1. The van der Waals surface area contributed by atoms with Gasteiger partial charge in [0.05, 0.1) is 0 Å². The van der Waals surface area contributed by atoms with E-state index in [2.05, 4.69) is 4.98 Å². The van der Waals surface area contributed by atoms with Gasteiger partial charge < -0.3 is 0 Å². The minimum atomic E-state index is 0.459. The Morgan fingerprint density at radius 3 is 2.24 bits per heavy atom. The zero-order valence-corrected chi connectivity index (χ0v) is 9.98. The second kappa shape index (κ2) is 5.47. The van der Waals surface area contributed by atoms with E-state index < -0.39 is 0 Å². The van der Waals surface area contributed by atoms with Gasteiger partial charge in [0, 0.05) is 11.2 Å². The van der Waals surface area contributed by atoms with Gasteiger partial charge in [-0.1, -0.05) is 29.8 Å². The molecule has 0 aliphatic heterocycles. The summed E-state index contributed by atoms with van der Waals surface area (Å²) >= 11 is 5.82. The van der Waals surface area contributed by atoms with E-state index in [1.807, 2.05) is 36.4 Å². The predicted molar refractivity (Wildman–Crippen MR) is 67.8 cm³/mol. The second-order valence-electron chi connectivity index (χ2n) is 3.79. The summed E-state index contributed by atoms with van der Waals surface area (Å²) in [5.41, 5.74) is 2.85. The van der Waals surface area contributed by atoms with Crippen LogP contribution in [0.5, 0.6) is 0 Å². The van der Waals surface area contributed by atoms with Crippen LogP contribution in [0, 0.1) is 11.3 Å². The fraction of sp³-hybridized carbons (Fsp3) is 0.143. The molecular weight excluding hydrogens is 232 g/mol. The topological polar surface area (TPSA) is 36.7 Å². The molecule has 3 heteroatoms. The Kier molecular flexibility index (Phi) is 3.74. The zero-order valence-electron chi connectivity index (χ0n) is 9.23. The molecule has 1 aromatic carbocycles. The lowest BCUT2D eigenvalue weighted by molar-refractivity contribution is 0.948. The minimum absolute atomic E-state index is 0.459. The Balaban J connectivity index is 1.98. The highest BCUT2D eigenvalue weighted by Gasteiger charge is 1.97. The first-order valence-electron chi connectivity index (χ1n) is 5.37. The molecule has 1 aromatic heterocycles. The Hall–Kier alpha value is -1.85. The number of nitriles is 1. The van der Waals surface area contributed by atoms with Crippen LogP contribution in [0.25, 0.3) is 0 Å². The fourth-order valence-electron chi connectivity index (χ4n) is 1.58. The summed E-state index contributed by atoms with van der Waals surface area (Å²) in [5.74, 6) is 0. The number of nitrogens with zero attached hydrogens (tertiary/aromatic N) is 2. The highest BCUT2D eigenvalue weighted by atomic mass is 35.5. The van der Waals surface area contributed by atoms with Crippen LogP contribution < -0.4 is 0 Å². The van der Waals surface area contributed by atoms with Crippen LogP contribution >= 0.6 is 11.6 Å². The highest BCUT2D eigenvalue weighted by molar-refractivity contribution is 6.30. The molecule has 0 fully saturated rings. The van der Waals surface area contributed by atoms with Gasteiger partial charge in [-0.15, -0.1) is 0 Å². The minimum Gasteiger partial charge on any atom is -0.245 e. The van der Waals surface area contributed by atoms with Crippen LogP contribution in [-0.2, 0) is 12.8 Å². The average Bonchev–Trinajstić information content (AvgIpc) is 2.39. The van der Waals surface area contributed by atoms with Crippen molar-refractivity contribution in [2.75, 3.05) is 0 Å². The van der Waals surface area contributed by atoms with Gasteiger partial charge in [0.1, 0.15) is 11.8 Å². The van der Waals surface area contributed by atoms with E-state index in [1.165, 1.54) is 5.56 Å². The molecule has 2 aromatic rings. The summed E-state index contributed by atoms with van der Waals surface area (Å²) in [6.07, 6.45) is 3.62. The van der Waals surface area contributed by atoms with Gasteiger partial charge in [0.15, 0.2) is 0 Å². The smallest absolute Gasteiger partial charge is 0.140 e. The van der Waals surface area contributed by atoms with E-state index in [9.17, 15) is 0 Å². The first-order valence-corrected chi connectivity index (χ1v) is 5.75. The van der Waals surface area contributed by atoms with Crippen molar-refractivity contribution in [1.29, 1.82) is 5.26 Å². The van der Waals surface area contributed by atoms with Crippen LogP contribution in [0.3, 0.4) is 0 Å². The van der Waals surface area contributed by atoms with Crippen molar-refractivity contribution in [3.8, 4) is 6.07 Å². The molecule has 0 saturated heterocycles. The molecule has 0 bridgehead atoms. The van der Waals surface area contributed by atoms with Crippen molar-refractivity contribution in [3.05, 3.63) is 64.4 Å². The molecule has 0 N–H and O–H groups in total. The number of hydrogen-bond donors (Lipinski definition) is 0. The third kappa shape index (κ3) is 3.30. The maximum absolute atomic E-state index is 8.64. The number of rotatable bonds is 3. The third-order valence-corrected chi connectivity index (χ3v) is 2.81. The lowest BCUT2D eigenvalue weighted by Gasteiger charge is -2.02. The van der Waals surface area contributed by atoms with Gasteiger partial charge >= 0.3 is 0 Å². The van der Waals surface area contributed by atoms with Gasteiger partial charge in [0.2, 0.25) is 0 Å². The molecule has 0 aliphatic carbocycles. The van der Waals surface area contributed by atoms with E-state index in [1.54, 1.807) is 12.3 Å². The molecule has 1 heterocycles. The van der Waals surface area contributed by atoms with E-state index in [0.29, 0.717) is 5.69 Å². The average molecular weight is 243 g/mol. The van der Waals surface area contributed by atoms with E-state index in [0.717, 1.165) is 23.4 Å². The maximum Gasteiger partial charge on any atom is 0.140 e. The summed E-state index contributed by atoms with van der Waals surface area (Å²) in [7, 11) is 0. The number of aryl methyl sites for hydroxylation is 2. The van der Waals surface area contributed by atoms with Crippen molar-refractivity contribution >= 4 is 11.6 Å². The predicted octanol–water partition coefficient (Wildman–Crippen LogP) is 3.39. The standard InChI is InChI=1S/C14H11ClN2/c15-13-6-3-11(4-7-13)1-2-12-5-8-14(9-16)17-10-12/h3-8,10H,1-2H2. The van der Waals surface area contributed by atoms with Crippen LogP contribution in [0.1, 0.15) is 16.8 Å². The molecule has 0 atom stereocenters. The molecule has 84 valence electrons. The maximum atomic E-state index is 8.64. The monoisotopic (exact) mass is 242 g/mol. The van der Waals surface area contributed by atoms with Crippen LogP contribution in [0.2, 0.25) is 5.02 Å². The van der Waals surface area contributed by atoms with Gasteiger partial charge in [0.25, 0.3) is 0 Å². The Labute approximate surface area is 105 Å². The van der Waals surface area contributed by atoms with Crippen LogP contribution in [-0.4, -0.2) is 4.98 Å². The molecule has 0 unspecified atom stereocenters. The lowest BCUT2D eigenvalue weighted by atomic mass is 10.1. The zero-order chi connectivity index (χ0) is 12.1. The van der Waals surface area contributed by atoms with Crippen LogP contribution in [0.15, 0.2) is 42.6 Å². The highest BCUT2D eigenvalue weighted by Crippen LogP contribution is 2.12. The molecule has 17 heavy (non-hydrogen) atoms.